The van der Waals surface area contributed by atoms with Gasteiger partial charge < -0.3 is 0 Å². The summed E-state index contributed by atoms with van der Waals surface area (Å²) in [5.74, 6) is -1.14. The van der Waals surface area contributed by atoms with E-state index in [1.807, 2.05) is 6.92 Å². The molecule has 0 aliphatic rings. The molecule has 0 spiro atoms. The monoisotopic (exact) mass is 277 g/mol. The fraction of sp³-hybridized carbons (Fsp3) is 0.333. The van der Waals surface area contributed by atoms with Gasteiger partial charge in [0.2, 0.25) is 5.03 Å². The van der Waals surface area contributed by atoms with Gasteiger partial charge in [0.15, 0.2) is 5.65 Å². The number of aromatic nitrogens is 3. The molecular formula is C9H9ClFN3O2S. The number of rotatable bonds is 3. The molecule has 92 valence electrons. The number of imidazole rings is 1. The number of fused-ring (bicyclic) bond motifs is 1. The van der Waals surface area contributed by atoms with Crippen LogP contribution in [0.3, 0.4) is 0 Å². The van der Waals surface area contributed by atoms with Crippen molar-refractivity contribution in [2.75, 3.05) is 0 Å². The Morgan fingerprint density at radius 1 is 1.47 bits per heavy atom. The molecule has 2 aromatic rings. The molecule has 5 nitrogen and oxygen atoms in total. The Kier molecular flexibility index (Phi) is 3.05. The highest BCUT2D eigenvalue weighted by atomic mass is 35.7. The summed E-state index contributed by atoms with van der Waals surface area (Å²) in [6.45, 7) is 1.96. The maximum absolute atomic E-state index is 13.4. The molecule has 0 saturated heterocycles. The molecule has 2 aromatic heterocycles. The zero-order valence-electron chi connectivity index (χ0n) is 8.89. The summed E-state index contributed by atoms with van der Waals surface area (Å²) in [6.07, 6.45) is 1.51. The molecule has 0 fully saturated rings. The van der Waals surface area contributed by atoms with Gasteiger partial charge in [0.25, 0.3) is 15.0 Å². The number of hydrogen-bond acceptors (Lipinski definition) is 4. The van der Waals surface area contributed by atoms with Gasteiger partial charge >= 0.3 is 0 Å². The highest BCUT2D eigenvalue weighted by Crippen LogP contribution is 2.20. The van der Waals surface area contributed by atoms with Crippen molar-refractivity contribution in [3.63, 3.8) is 0 Å². The van der Waals surface area contributed by atoms with E-state index in [1.54, 1.807) is 6.07 Å². The van der Waals surface area contributed by atoms with Gasteiger partial charge in [-0.3, -0.25) is 0 Å². The normalized spacial score (nSPS) is 12.2. The second kappa shape index (κ2) is 4.23. The molecular weight excluding hydrogens is 269 g/mol. The average molecular weight is 278 g/mol. The second-order valence-corrected chi connectivity index (χ2v) is 5.97. The predicted octanol–water partition coefficient (Wildman–Crippen LogP) is 1.75. The van der Waals surface area contributed by atoms with E-state index in [2.05, 4.69) is 10.1 Å². The summed E-state index contributed by atoms with van der Waals surface area (Å²) in [7, 11) is 0.932. The predicted molar refractivity (Wildman–Crippen MR) is 60.0 cm³/mol. The minimum atomic E-state index is -4.21. The average Bonchev–Trinajstić information content (AvgIpc) is 2.53. The smallest absolute Gasteiger partial charge is 0.205 e. The van der Waals surface area contributed by atoms with Crippen molar-refractivity contribution in [2.24, 2.45) is 0 Å². The zero-order chi connectivity index (χ0) is 12.6. The largest absolute Gasteiger partial charge is 0.283 e. The highest BCUT2D eigenvalue weighted by molar-refractivity contribution is 8.13. The van der Waals surface area contributed by atoms with E-state index in [-0.39, 0.29) is 5.65 Å². The summed E-state index contributed by atoms with van der Waals surface area (Å²) < 4.78 is 36.7. The van der Waals surface area contributed by atoms with Crippen LogP contribution in [-0.2, 0) is 15.5 Å². The lowest BCUT2D eigenvalue weighted by Gasteiger charge is -2.00. The van der Waals surface area contributed by atoms with E-state index in [1.165, 1.54) is 6.07 Å². The number of aryl methyl sites for hydroxylation is 1. The van der Waals surface area contributed by atoms with Crippen LogP contribution in [0.25, 0.3) is 5.65 Å². The van der Waals surface area contributed by atoms with Crippen LogP contribution >= 0.6 is 10.7 Å². The lowest BCUT2D eigenvalue weighted by atomic mass is 10.2. The number of halogens is 2. The molecule has 0 unspecified atom stereocenters. The molecule has 0 bridgehead atoms. The van der Waals surface area contributed by atoms with E-state index in [0.717, 1.165) is 10.9 Å². The van der Waals surface area contributed by atoms with Crippen molar-refractivity contribution < 1.29 is 12.8 Å². The molecule has 2 heterocycles. The Labute approximate surface area is 102 Å². The number of hydrogen-bond donors (Lipinski definition) is 0. The highest BCUT2D eigenvalue weighted by Gasteiger charge is 2.24. The molecule has 8 heteroatoms. The summed E-state index contributed by atoms with van der Waals surface area (Å²) in [4.78, 5) is 3.45. The van der Waals surface area contributed by atoms with Crippen LogP contribution in [0.4, 0.5) is 4.39 Å². The van der Waals surface area contributed by atoms with Gasteiger partial charge in [-0.05, 0) is 18.6 Å². The minimum absolute atomic E-state index is 0.113. The van der Waals surface area contributed by atoms with Gasteiger partial charge in [-0.25, -0.2) is 8.42 Å². The zero-order valence-corrected chi connectivity index (χ0v) is 10.5. The topological polar surface area (TPSA) is 64.3 Å². The van der Waals surface area contributed by atoms with Crippen molar-refractivity contribution >= 4 is 25.4 Å². The van der Waals surface area contributed by atoms with Gasteiger partial charge in [-0.1, -0.05) is 13.3 Å². The number of nitrogens with zero attached hydrogens (tertiary/aromatic N) is 3. The lowest BCUT2D eigenvalue weighted by Crippen LogP contribution is -2.04. The minimum Gasteiger partial charge on any atom is -0.205 e. The maximum atomic E-state index is 13.4. The third kappa shape index (κ3) is 2.25. The van der Waals surface area contributed by atoms with Crippen molar-refractivity contribution in [1.29, 1.82) is 0 Å². The molecule has 2 rings (SSSR count). The third-order valence-corrected chi connectivity index (χ3v) is 3.43. The van der Waals surface area contributed by atoms with E-state index >= 15 is 0 Å². The van der Waals surface area contributed by atoms with Crippen LogP contribution in [-0.4, -0.2) is 23.0 Å². The van der Waals surface area contributed by atoms with Gasteiger partial charge in [-0.15, -0.1) is 0 Å². The molecule has 0 amide bonds. The molecule has 0 aromatic carbocycles. The fourth-order valence-electron chi connectivity index (χ4n) is 1.52. The first-order valence-electron chi connectivity index (χ1n) is 4.92. The summed E-state index contributed by atoms with van der Waals surface area (Å²) in [6, 6.07) is 3.18. The molecule has 0 N–H and O–H groups in total. The SMILES string of the molecule is CCCc1ccc2nc(F)c(S(=O)(=O)Cl)n2n1. The fourth-order valence-corrected chi connectivity index (χ4v) is 2.49. The Morgan fingerprint density at radius 2 is 2.18 bits per heavy atom. The molecule has 0 aliphatic heterocycles. The van der Waals surface area contributed by atoms with E-state index in [0.29, 0.717) is 12.1 Å². The van der Waals surface area contributed by atoms with Crippen LogP contribution < -0.4 is 0 Å². The van der Waals surface area contributed by atoms with Crippen LogP contribution in [0.1, 0.15) is 19.0 Å². The first-order chi connectivity index (χ1) is 7.93. The first kappa shape index (κ1) is 12.3. The summed E-state index contributed by atoms with van der Waals surface area (Å²) in [5, 5.41) is 3.29. The second-order valence-electron chi connectivity index (χ2n) is 3.49. The Balaban J connectivity index is 2.74. The van der Waals surface area contributed by atoms with Crippen molar-refractivity contribution in [2.45, 2.75) is 24.8 Å². The van der Waals surface area contributed by atoms with Gasteiger partial charge in [0, 0.05) is 10.7 Å². The summed E-state index contributed by atoms with van der Waals surface area (Å²) in [5.41, 5.74) is 0.764. The molecule has 0 saturated carbocycles. The standard InChI is InChI=1S/C9H9ClFN3O2S/c1-2-3-6-4-5-7-12-8(11)9(14(7)13-6)17(10,15)16/h4-5H,2-3H2,1H3. The van der Waals surface area contributed by atoms with Gasteiger partial charge in [0.1, 0.15) is 0 Å². The lowest BCUT2D eigenvalue weighted by molar-refractivity contribution is 0.538. The van der Waals surface area contributed by atoms with E-state index in [9.17, 15) is 12.8 Å². The van der Waals surface area contributed by atoms with Crippen molar-refractivity contribution in [3.8, 4) is 0 Å². The van der Waals surface area contributed by atoms with Crippen LogP contribution in [0.15, 0.2) is 17.2 Å². The van der Waals surface area contributed by atoms with Crippen molar-refractivity contribution in [1.82, 2.24) is 14.6 Å². The van der Waals surface area contributed by atoms with Crippen LogP contribution in [0.5, 0.6) is 0 Å². The first-order valence-corrected chi connectivity index (χ1v) is 7.23. The van der Waals surface area contributed by atoms with Gasteiger partial charge in [-0.2, -0.15) is 19.0 Å². The molecule has 0 radical (unpaired) electrons. The summed E-state index contributed by atoms with van der Waals surface area (Å²) >= 11 is 0. The van der Waals surface area contributed by atoms with Gasteiger partial charge in [0.05, 0.1) is 5.69 Å². The maximum Gasteiger partial charge on any atom is 0.283 e. The third-order valence-electron chi connectivity index (χ3n) is 2.19. The van der Waals surface area contributed by atoms with Crippen molar-refractivity contribution in [3.05, 3.63) is 23.8 Å². The Hall–Kier alpha value is -1.21. The molecule has 0 aliphatic carbocycles. The van der Waals surface area contributed by atoms with E-state index < -0.39 is 20.0 Å². The van der Waals surface area contributed by atoms with E-state index in [4.69, 9.17) is 10.7 Å². The Morgan fingerprint density at radius 3 is 2.76 bits per heavy atom. The Bertz CT molecular complexity index is 668. The molecule has 17 heavy (non-hydrogen) atoms. The van der Waals surface area contributed by atoms with Crippen LogP contribution in [0.2, 0.25) is 0 Å². The van der Waals surface area contributed by atoms with Crippen LogP contribution in [0, 0.1) is 5.95 Å². The quantitative estimate of drug-likeness (QED) is 0.802. The molecule has 0 atom stereocenters.